The van der Waals surface area contributed by atoms with Gasteiger partial charge in [-0.05, 0) is 42.4 Å². The monoisotopic (exact) mass is 291 g/mol. The summed E-state index contributed by atoms with van der Waals surface area (Å²) in [6.07, 6.45) is 1.50. The van der Waals surface area contributed by atoms with E-state index in [0.717, 1.165) is 17.7 Å². The van der Waals surface area contributed by atoms with E-state index >= 15 is 0 Å². The number of hydrogen-bond donors (Lipinski definition) is 2. The van der Waals surface area contributed by atoms with Crippen molar-refractivity contribution < 1.29 is 14.6 Å². The summed E-state index contributed by atoms with van der Waals surface area (Å²) >= 11 is 0. The van der Waals surface area contributed by atoms with E-state index in [4.69, 9.17) is 9.84 Å². The lowest BCUT2D eigenvalue weighted by molar-refractivity contribution is -0.123. The normalized spacial score (nSPS) is 22.0. The fraction of sp³-hybridized carbons (Fsp3) is 0.588. The minimum atomic E-state index is 0.0501. The van der Waals surface area contributed by atoms with E-state index in [-0.39, 0.29) is 24.5 Å². The van der Waals surface area contributed by atoms with Crippen LogP contribution in [0.1, 0.15) is 38.2 Å². The van der Waals surface area contributed by atoms with Crippen molar-refractivity contribution >= 4 is 5.91 Å². The van der Waals surface area contributed by atoms with Crippen molar-refractivity contribution in [2.24, 2.45) is 11.8 Å². The van der Waals surface area contributed by atoms with Crippen molar-refractivity contribution in [3.63, 3.8) is 0 Å². The summed E-state index contributed by atoms with van der Waals surface area (Å²) in [5.74, 6) is 1.61. The lowest BCUT2D eigenvalue weighted by Crippen LogP contribution is -2.40. The molecule has 2 N–H and O–H groups in total. The number of rotatable bonds is 7. The van der Waals surface area contributed by atoms with Crippen molar-refractivity contribution in [1.29, 1.82) is 0 Å². The molecule has 1 amide bonds. The van der Waals surface area contributed by atoms with Crippen molar-refractivity contribution in [2.75, 3.05) is 13.7 Å². The van der Waals surface area contributed by atoms with Gasteiger partial charge in [0.15, 0.2) is 0 Å². The number of carbonyl (C=O) groups is 1. The maximum atomic E-state index is 12.3. The molecule has 1 aliphatic carbocycles. The first-order chi connectivity index (χ1) is 10.1. The Morgan fingerprint density at radius 1 is 1.48 bits per heavy atom. The molecule has 1 aromatic rings. The third-order valence-electron chi connectivity index (χ3n) is 4.22. The van der Waals surface area contributed by atoms with Gasteiger partial charge in [-0.3, -0.25) is 4.79 Å². The Balaban J connectivity index is 1.94. The second-order valence-corrected chi connectivity index (χ2v) is 6.10. The third-order valence-corrected chi connectivity index (χ3v) is 4.22. The van der Waals surface area contributed by atoms with Gasteiger partial charge in [-0.1, -0.05) is 26.0 Å². The second kappa shape index (κ2) is 6.94. The molecule has 3 unspecified atom stereocenters. The first kappa shape index (κ1) is 15.8. The average molecular weight is 291 g/mol. The van der Waals surface area contributed by atoms with E-state index < -0.39 is 0 Å². The van der Waals surface area contributed by atoms with E-state index in [1.807, 2.05) is 24.3 Å². The second-order valence-electron chi connectivity index (χ2n) is 6.10. The molecular formula is C17H25NO3. The van der Waals surface area contributed by atoms with Gasteiger partial charge in [0.05, 0.1) is 7.11 Å². The molecule has 1 fully saturated rings. The number of methoxy groups -OCH3 is 1. The van der Waals surface area contributed by atoms with Gasteiger partial charge < -0.3 is 15.2 Å². The number of aliphatic hydroxyl groups excluding tert-OH is 1. The van der Waals surface area contributed by atoms with Gasteiger partial charge in [0, 0.05) is 18.6 Å². The van der Waals surface area contributed by atoms with Crippen LogP contribution in [0.3, 0.4) is 0 Å². The molecule has 3 atom stereocenters. The molecule has 0 saturated heterocycles. The van der Waals surface area contributed by atoms with Crippen LogP contribution in [0.5, 0.6) is 5.75 Å². The lowest BCUT2D eigenvalue weighted by atomic mass is 10.0. The fourth-order valence-corrected chi connectivity index (χ4v) is 2.73. The first-order valence-electron chi connectivity index (χ1n) is 7.62. The predicted octanol–water partition coefficient (Wildman–Crippen LogP) is 2.32. The summed E-state index contributed by atoms with van der Waals surface area (Å²) in [5, 5.41) is 12.2. The van der Waals surface area contributed by atoms with Crippen LogP contribution >= 0.6 is 0 Å². The van der Waals surface area contributed by atoms with Crippen LogP contribution in [-0.4, -0.2) is 30.8 Å². The SMILES string of the molecule is COc1cccc(C2CC2C(=O)NC(CCO)C(C)C)c1. The van der Waals surface area contributed by atoms with E-state index in [0.29, 0.717) is 18.3 Å². The summed E-state index contributed by atoms with van der Waals surface area (Å²) in [6, 6.07) is 7.98. The van der Waals surface area contributed by atoms with Crippen LogP contribution in [0.2, 0.25) is 0 Å². The molecule has 2 rings (SSSR count). The Bertz CT molecular complexity index is 487. The van der Waals surface area contributed by atoms with Gasteiger partial charge in [0.25, 0.3) is 0 Å². The summed E-state index contributed by atoms with van der Waals surface area (Å²) in [4.78, 5) is 12.3. The highest BCUT2D eigenvalue weighted by Gasteiger charge is 2.44. The summed E-state index contributed by atoms with van der Waals surface area (Å²) in [6.45, 7) is 4.23. The number of aliphatic hydroxyl groups is 1. The maximum absolute atomic E-state index is 12.3. The molecule has 0 radical (unpaired) electrons. The molecule has 4 nitrogen and oxygen atoms in total. The van der Waals surface area contributed by atoms with Gasteiger partial charge >= 0.3 is 0 Å². The third kappa shape index (κ3) is 3.97. The van der Waals surface area contributed by atoms with E-state index in [2.05, 4.69) is 19.2 Å². The molecule has 1 aromatic carbocycles. The van der Waals surface area contributed by atoms with Crippen LogP contribution in [0.4, 0.5) is 0 Å². The Morgan fingerprint density at radius 2 is 2.24 bits per heavy atom. The van der Waals surface area contributed by atoms with E-state index in [1.54, 1.807) is 7.11 Å². The van der Waals surface area contributed by atoms with Gasteiger partial charge in [-0.2, -0.15) is 0 Å². The molecule has 1 aliphatic rings. The minimum absolute atomic E-state index is 0.0501. The molecule has 0 spiro atoms. The average Bonchev–Trinajstić information content (AvgIpc) is 3.27. The van der Waals surface area contributed by atoms with Crippen molar-refractivity contribution in [2.45, 2.75) is 38.6 Å². The van der Waals surface area contributed by atoms with Crippen molar-refractivity contribution in [3.8, 4) is 5.75 Å². The minimum Gasteiger partial charge on any atom is -0.497 e. The molecule has 1 saturated carbocycles. The topological polar surface area (TPSA) is 58.6 Å². The maximum Gasteiger partial charge on any atom is 0.223 e. The molecule has 0 aromatic heterocycles. The number of carbonyl (C=O) groups excluding carboxylic acids is 1. The lowest BCUT2D eigenvalue weighted by Gasteiger charge is -2.21. The Kier molecular flexibility index (Phi) is 5.23. The zero-order chi connectivity index (χ0) is 15.4. The van der Waals surface area contributed by atoms with Gasteiger partial charge in [-0.25, -0.2) is 0 Å². The van der Waals surface area contributed by atoms with Crippen LogP contribution in [0, 0.1) is 11.8 Å². The van der Waals surface area contributed by atoms with Crippen LogP contribution in [0.15, 0.2) is 24.3 Å². The zero-order valence-electron chi connectivity index (χ0n) is 13.0. The summed E-state index contributed by atoms with van der Waals surface area (Å²) in [5.41, 5.74) is 1.16. The predicted molar refractivity (Wildman–Crippen MR) is 82.3 cm³/mol. The molecule has 0 heterocycles. The Morgan fingerprint density at radius 3 is 2.86 bits per heavy atom. The largest absolute Gasteiger partial charge is 0.497 e. The zero-order valence-corrected chi connectivity index (χ0v) is 13.0. The van der Waals surface area contributed by atoms with Crippen molar-refractivity contribution in [1.82, 2.24) is 5.32 Å². The number of benzene rings is 1. The van der Waals surface area contributed by atoms with Gasteiger partial charge in [-0.15, -0.1) is 0 Å². The number of hydrogen-bond acceptors (Lipinski definition) is 3. The van der Waals surface area contributed by atoms with Crippen LogP contribution in [0.25, 0.3) is 0 Å². The molecule has 0 aliphatic heterocycles. The highest BCUT2D eigenvalue weighted by molar-refractivity contribution is 5.83. The highest BCUT2D eigenvalue weighted by atomic mass is 16.5. The molecular weight excluding hydrogens is 266 g/mol. The number of amides is 1. The molecule has 116 valence electrons. The number of ether oxygens (including phenoxy) is 1. The van der Waals surface area contributed by atoms with Crippen LogP contribution < -0.4 is 10.1 Å². The van der Waals surface area contributed by atoms with Crippen LogP contribution in [-0.2, 0) is 4.79 Å². The standard InChI is InChI=1S/C17H25NO3/c1-11(2)16(7-8-19)18-17(20)15-10-14(15)12-5-4-6-13(9-12)21-3/h4-6,9,11,14-16,19H,7-8,10H2,1-3H3,(H,18,20). The molecule has 0 bridgehead atoms. The van der Waals surface area contributed by atoms with E-state index in [9.17, 15) is 4.79 Å². The van der Waals surface area contributed by atoms with Gasteiger partial charge in [0.1, 0.15) is 5.75 Å². The Hall–Kier alpha value is -1.55. The number of nitrogens with one attached hydrogen (secondary N) is 1. The van der Waals surface area contributed by atoms with Crippen molar-refractivity contribution in [3.05, 3.63) is 29.8 Å². The van der Waals surface area contributed by atoms with E-state index in [1.165, 1.54) is 0 Å². The Labute approximate surface area is 126 Å². The van der Waals surface area contributed by atoms with Gasteiger partial charge in [0.2, 0.25) is 5.91 Å². The summed E-state index contributed by atoms with van der Waals surface area (Å²) < 4.78 is 5.23. The highest BCUT2D eigenvalue weighted by Crippen LogP contribution is 2.48. The quantitative estimate of drug-likeness (QED) is 0.810. The molecule has 21 heavy (non-hydrogen) atoms. The fourth-order valence-electron chi connectivity index (χ4n) is 2.73. The first-order valence-corrected chi connectivity index (χ1v) is 7.62. The summed E-state index contributed by atoms with van der Waals surface area (Å²) in [7, 11) is 1.65. The smallest absolute Gasteiger partial charge is 0.223 e. The molecule has 4 heteroatoms.